The van der Waals surface area contributed by atoms with E-state index < -0.39 is 11.8 Å². The number of furan rings is 1. The van der Waals surface area contributed by atoms with Crippen LogP contribution in [0.15, 0.2) is 112 Å². The predicted molar refractivity (Wildman–Crippen MR) is 139 cm³/mol. The minimum atomic E-state index is -0.522. The molecule has 9 heteroatoms. The molecule has 0 aliphatic heterocycles. The summed E-state index contributed by atoms with van der Waals surface area (Å²) in [6.45, 7) is 0. The van der Waals surface area contributed by atoms with Crippen LogP contribution in [0.3, 0.4) is 0 Å². The highest BCUT2D eigenvalue weighted by Gasteiger charge is 2.16. The molecule has 0 radical (unpaired) electrons. The van der Waals surface area contributed by atoms with Crippen LogP contribution in [0.5, 0.6) is 0 Å². The topological polar surface area (TPSA) is 113 Å². The fourth-order valence-corrected chi connectivity index (χ4v) is 3.84. The molecule has 0 saturated carbocycles. The van der Waals surface area contributed by atoms with E-state index in [4.69, 9.17) is 4.42 Å². The largest absolute Gasteiger partial charge is 0.465 e. The van der Waals surface area contributed by atoms with Crippen molar-refractivity contribution in [1.29, 1.82) is 0 Å². The van der Waals surface area contributed by atoms with Crippen LogP contribution in [0.1, 0.15) is 16.1 Å². The molecule has 3 N–H and O–H groups in total. The van der Waals surface area contributed by atoms with Gasteiger partial charge in [0.2, 0.25) is 5.91 Å². The highest BCUT2D eigenvalue weighted by Crippen LogP contribution is 2.22. The van der Waals surface area contributed by atoms with E-state index in [0.717, 1.165) is 4.90 Å². The number of aromatic nitrogens is 1. The number of amides is 3. The molecule has 0 unspecified atom stereocenters. The van der Waals surface area contributed by atoms with E-state index >= 15 is 0 Å². The van der Waals surface area contributed by atoms with Crippen LogP contribution < -0.4 is 16.0 Å². The smallest absolute Gasteiger partial charge is 0.272 e. The van der Waals surface area contributed by atoms with Gasteiger partial charge in [-0.05, 0) is 54.6 Å². The Kier molecular flexibility index (Phi) is 8.29. The van der Waals surface area contributed by atoms with Crippen molar-refractivity contribution in [3.8, 4) is 0 Å². The number of anilines is 2. The third-order valence-electron chi connectivity index (χ3n) is 4.75. The third-order valence-corrected chi connectivity index (χ3v) is 5.75. The average Bonchev–Trinajstić information content (AvgIpc) is 3.42. The van der Waals surface area contributed by atoms with Gasteiger partial charge in [0.05, 0.1) is 12.0 Å². The highest BCUT2D eigenvalue weighted by molar-refractivity contribution is 8.00. The Hall–Kier alpha value is -4.63. The molecular formula is C27H22N4O4S. The molecule has 8 nitrogen and oxygen atoms in total. The van der Waals surface area contributed by atoms with Crippen LogP contribution >= 0.6 is 11.8 Å². The Morgan fingerprint density at radius 3 is 2.47 bits per heavy atom. The summed E-state index contributed by atoms with van der Waals surface area (Å²) in [5.41, 5.74) is 0.944. The van der Waals surface area contributed by atoms with Crippen LogP contribution in [0, 0.1) is 0 Å². The van der Waals surface area contributed by atoms with Crippen molar-refractivity contribution in [3.63, 3.8) is 0 Å². The molecule has 2 heterocycles. The van der Waals surface area contributed by atoms with Gasteiger partial charge in [-0.25, -0.2) is 4.98 Å². The zero-order valence-corrected chi connectivity index (χ0v) is 19.8. The number of nitrogens with zero attached hydrogens (tertiary/aromatic N) is 1. The fraction of sp³-hybridized carbons (Fsp3) is 0.0370. The zero-order chi connectivity index (χ0) is 25.2. The summed E-state index contributed by atoms with van der Waals surface area (Å²) in [5.74, 6) is -0.0719. The minimum Gasteiger partial charge on any atom is -0.465 e. The summed E-state index contributed by atoms with van der Waals surface area (Å²) >= 11 is 1.32. The lowest BCUT2D eigenvalue weighted by Gasteiger charge is -2.12. The van der Waals surface area contributed by atoms with E-state index in [1.165, 1.54) is 24.1 Å². The number of hydrogen-bond donors (Lipinski definition) is 3. The van der Waals surface area contributed by atoms with Gasteiger partial charge in [-0.2, -0.15) is 0 Å². The van der Waals surface area contributed by atoms with Gasteiger partial charge in [0.15, 0.2) is 0 Å². The van der Waals surface area contributed by atoms with Gasteiger partial charge in [0.25, 0.3) is 11.8 Å². The monoisotopic (exact) mass is 498 g/mol. The third kappa shape index (κ3) is 7.18. The van der Waals surface area contributed by atoms with Gasteiger partial charge in [-0.15, -0.1) is 11.8 Å². The quantitative estimate of drug-likeness (QED) is 0.225. The number of carbonyl (C=O) groups is 3. The van der Waals surface area contributed by atoms with E-state index in [0.29, 0.717) is 22.8 Å². The van der Waals surface area contributed by atoms with Crippen LogP contribution in [0.25, 0.3) is 6.08 Å². The van der Waals surface area contributed by atoms with Crippen molar-refractivity contribution in [2.75, 3.05) is 16.4 Å². The molecule has 2 aromatic heterocycles. The van der Waals surface area contributed by atoms with Gasteiger partial charge in [-0.1, -0.05) is 30.3 Å². The molecule has 0 bridgehead atoms. The summed E-state index contributed by atoms with van der Waals surface area (Å²) in [5, 5.41) is 8.18. The molecule has 2 aromatic carbocycles. The van der Waals surface area contributed by atoms with Gasteiger partial charge in [0, 0.05) is 28.4 Å². The van der Waals surface area contributed by atoms with E-state index in [1.807, 2.05) is 6.07 Å². The second-order valence-corrected chi connectivity index (χ2v) is 8.48. The molecule has 3 amide bonds. The van der Waals surface area contributed by atoms with Crippen molar-refractivity contribution < 1.29 is 18.8 Å². The number of thioether (sulfide) groups is 1. The van der Waals surface area contributed by atoms with Crippen molar-refractivity contribution in [1.82, 2.24) is 10.3 Å². The molecule has 0 saturated heterocycles. The summed E-state index contributed by atoms with van der Waals surface area (Å²) in [6, 6.07) is 24.3. The summed E-state index contributed by atoms with van der Waals surface area (Å²) in [7, 11) is 0. The number of rotatable bonds is 9. The molecule has 0 fully saturated rings. The molecule has 4 rings (SSSR count). The van der Waals surface area contributed by atoms with Crippen molar-refractivity contribution in [2.45, 2.75) is 4.90 Å². The Morgan fingerprint density at radius 2 is 1.72 bits per heavy atom. The van der Waals surface area contributed by atoms with Crippen LogP contribution in [0.2, 0.25) is 0 Å². The zero-order valence-electron chi connectivity index (χ0n) is 19.0. The van der Waals surface area contributed by atoms with Crippen molar-refractivity contribution in [3.05, 3.63) is 114 Å². The maximum Gasteiger partial charge on any atom is 0.272 e. The fourth-order valence-electron chi connectivity index (χ4n) is 3.08. The number of carbonyl (C=O) groups excluding carboxylic acids is 3. The summed E-state index contributed by atoms with van der Waals surface area (Å²) in [6.07, 6.45) is 4.54. The van der Waals surface area contributed by atoms with Gasteiger partial charge >= 0.3 is 0 Å². The van der Waals surface area contributed by atoms with Crippen LogP contribution in [-0.2, 0) is 9.59 Å². The lowest BCUT2D eigenvalue weighted by molar-refractivity contribution is -0.114. The minimum absolute atomic E-state index is 0.0200. The summed E-state index contributed by atoms with van der Waals surface area (Å²) < 4.78 is 5.31. The Labute approximate surface area is 211 Å². The van der Waals surface area contributed by atoms with E-state index in [2.05, 4.69) is 20.9 Å². The second kappa shape index (κ2) is 12.2. The lowest BCUT2D eigenvalue weighted by Crippen LogP contribution is -2.30. The molecule has 0 spiro atoms. The van der Waals surface area contributed by atoms with Crippen LogP contribution in [-0.4, -0.2) is 28.5 Å². The van der Waals surface area contributed by atoms with E-state index in [-0.39, 0.29) is 17.4 Å². The van der Waals surface area contributed by atoms with Gasteiger partial charge in [-0.3, -0.25) is 14.4 Å². The number of nitrogens with one attached hydrogen (secondary N) is 3. The Bertz CT molecular complexity index is 1360. The maximum atomic E-state index is 13.1. The second-order valence-electron chi connectivity index (χ2n) is 7.43. The Morgan fingerprint density at radius 1 is 0.889 bits per heavy atom. The summed E-state index contributed by atoms with van der Waals surface area (Å²) in [4.78, 5) is 42.8. The number of benzene rings is 2. The predicted octanol–water partition coefficient (Wildman–Crippen LogP) is 4.82. The molecule has 36 heavy (non-hydrogen) atoms. The molecule has 0 aliphatic carbocycles. The lowest BCUT2D eigenvalue weighted by atomic mass is 10.2. The normalized spacial score (nSPS) is 10.9. The first-order chi connectivity index (χ1) is 17.6. The first-order valence-electron chi connectivity index (χ1n) is 10.9. The maximum absolute atomic E-state index is 13.1. The Balaban J connectivity index is 1.41. The van der Waals surface area contributed by atoms with E-state index in [9.17, 15) is 14.4 Å². The van der Waals surface area contributed by atoms with Gasteiger partial charge < -0.3 is 20.4 Å². The average molecular weight is 499 g/mol. The molecular weight excluding hydrogens is 476 g/mol. The number of pyridine rings is 1. The highest BCUT2D eigenvalue weighted by atomic mass is 32.2. The van der Waals surface area contributed by atoms with Crippen molar-refractivity contribution in [2.24, 2.45) is 0 Å². The first-order valence-corrected chi connectivity index (χ1v) is 11.9. The van der Waals surface area contributed by atoms with Crippen molar-refractivity contribution >= 4 is 47.1 Å². The SMILES string of the molecule is O=C(CSc1cccc(NC(=O)/C(=C/c2ccco2)NC(=O)c2ccccc2)c1)Nc1ccccn1. The standard InChI is InChI=1S/C27H22N4O4S/c32-25(31-24-13-4-5-14-28-24)18-36-22-12-6-10-20(16-22)29-27(34)23(17-21-11-7-15-35-21)30-26(33)19-8-2-1-3-9-19/h1-17H,18H2,(H,29,34)(H,30,33)(H,28,31,32)/b23-17-. The number of hydrogen-bond acceptors (Lipinski definition) is 6. The molecule has 180 valence electrons. The van der Waals surface area contributed by atoms with Crippen LogP contribution in [0.4, 0.5) is 11.5 Å². The molecule has 0 atom stereocenters. The van der Waals surface area contributed by atoms with Gasteiger partial charge in [0.1, 0.15) is 17.3 Å². The molecule has 0 aliphatic rings. The first kappa shape index (κ1) is 24.5. The molecule has 4 aromatic rings. The van der Waals surface area contributed by atoms with E-state index in [1.54, 1.807) is 85.1 Å².